The van der Waals surface area contributed by atoms with Crippen molar-refractivity contribution in [3.63, 3.8) is 0 Å². The summed E-state index contributed by atoms with van der Waals surface area (Å²) < 4.78 is 51.4. The summed E-state index contributed by atoms with van der Waals surface area (Å²) in [5, 5.41) is 44.3. The van der Waals surface area contributed by atoms with Crippen molar-refractivity contribution in [1.82, 2.24) is 4.48 Å². The number of fused-ring (bicyclic) bond motifs is 6. The van der Waals surface area contributed by atoms with Gasteiger partial charge < -0.3 is 75.6 Å². The summed E-state index contributed by atoms with van der Waals surface area (Å²) in [5.74, 6) is 10.8. The van der Waals surface area contributed by atoms with Gasteiger partial charge in [0.2, 0.25) is 6.29 Å². The lowest BCUT2D eigenvalue weighted by molar-refractivity contribution is -0.928. The molecule has 1 aromatic rings. The number of nitrogens with zero attached hydrogens (tertiary/aromatic N) is 10. The first kappa shape index (κ1) is 112. The maximum atomic E-state index is 10.8. The summed E-state index contributed by atoms with van der Waals surface area (Å²) in [6.07, 6.45) is 29.2. The number of ketones is 2. The zero-order valence-corrected chi connectivity index (χ0v) is 76.3. The molecule has 26 heteroatoms. The largest absolute Gasteiger partial charge is 0.505 e. The van der Waals surface area contributed by atoms with E-state index in [4.69, 9.17) is 49.5 Å². The van der Waals surface area contributed by atoms with Gasteiger partial charge in [-0.15, -0.1) is 19.3 Å². The molecule has 0 saturated carbocycles. The quantitative estimate of drug-likeness (QED) is 0.0132. The number of rotatable bonds is 32. The van der Waals surface area contributed by atoms with Crippen molar-refractivity contribution in [3.8, 4) is 37.0 Å². The molecule has 4 bridgehead atoms. The fourth-order valence-electron chi connectivity index (χ4n) is 11.9. The first-order valence-electron chi connectivity index (χ1n) is 38.8. The van der Waals surface area contributed by atoms with Crippen LogP contribution in [-0.4, -0.2) is 418 Å². The first-order chi connectivity index (χ1) is 48.4. The lowest BCUT2D eigenvalue weighted by Crippen LogP contribution is -2.61. The number of para-hydroxylation sites is 1. The van der Waals surface area contributed by atoms with E-state index in [1.54, 1.807) is 13.8 Å². The molecule has 107 heavy (non-hydrogen) atoms. The van der Waals surface area contributed by atoms with E-state index in [2.05, 4.69) is 157 Å². The minimum Gasteiger partial charge on any atom is -0.396 e. The molecular weight excluding hydrogens is 1410 g/mol. The highest BCUT2D eigenvalue weighted by molar-refractivity contribution is 7.90. The molecule has 0 aromatic heterocycles. The Labute approximate surface area is 658 Å². The molecule has 7 N–H and O–H groups in total. The molecule has 3 atom stereocenters. The van der Waals surface area contributed by atoms with E-state index in [1.165, 1.54) is 79.7 Å². The van der Waals surface area contributed by atoms with Crippen LogP contribution in [0, 0.1) is 48.9 Å². The van der Waals surface area contributed by atoms with E-state index in [0.29, 0.717) is 48.5 Å². The molecule has 6 aliphatic rings. The van der Waals surface area contributed by atoms with E-state index in [0.717, 1.165) is 166 Å². The standard InChI is InChI=1S/C10H16NO.C10H18NO.C9H16NO.C9H18NO.C9H18N.C8H16NO.C7H18NO2P.C7H18NO2S.C6H15NO2P.C6H16NO2/c1-11(2,8-9-12)10-6-4-3-5-7-10;1-5-8-11(3,4)9-6-7-10(2)12;1-5-7-10(3,4)8-6-9(2)11;1-4-7-10(2,3)8-5-6-9-11;1-8-7-10(2)5-3-9(8)4-6-10;1-9-5-2-8(10,3-6-9)4-7-9;2*1-8(2,3)6-5-7-11(4,9)10;1-7(2,3)5-4-6-10(8)9;1-4-7(2,3)5-6(8)9/h3-7,12H,8-9H2,1-2H3;1H,6-9H2,2-4H3;1H,6-8H2,2-4H3;1,11H,5-9H2,2-3H3;8-9H,3-7H2,1-2H3;10H,2-7H2,1H3;2*5-7H2,1-4H3;4-6H2,1-3H3;6,8-9H,4-5H2,1-3H3/q6*+1;;3*+1/p+2/t;;;;8-,9?,10?;;;;;/m....1...../s1. The predicted octanol–water partition coefficient (Wildman–Crippen LogP) is 6.63. The fourth-order valence-corrected chi connectivity index (χ4v) is 13.7. The molecule has 2 unspecified atom stereocenters. The molecule has 6 saturated heterocycles. The van der Waals surface area contributed by atoms with Crippen LogP contribution in [0.15, 0.2) is 30.3 Å². The van der Waals surface area contributed by atoms with Gasteiger partial charge >= 0.3 is 8.03 Å². The molecule has 7 rings (SSSR count). The lowest BCUT2D eigenvalue weighted by Gasteiger charge is -2.50. The number of sulfone groups is 1. The molecular formula is C81H171N10O13P2S+11. The summed E-state index contributed by atoms with van der Waals surface area (Å²) in [6, 6.07) is 10.2. The van der Waals surface area contributed by atoms with Crippen LogP contribution in [0.1, 0.15) is 111 Å². The van der Waals surface area contributed by atoms with Crippen LogP contribution in [0.5, 0.6) is 0 Å². The molecule has 0 aliphatic carbocycles. The van der Waals surface area contributed by atoms with Gasteiger partial charge in [-0.1, -0.05) is 25.1 Å². The maximum absolute atomic E-state index is 10.8. The topological polar surface area (TPSA) is 244 Å². The van der Waals surface area contributed by atoms with Crippen molar-refractivity contribution in [3.05, 3.63) is 30.3 Å². The fraction of sp³-hybridized carbons (Fsp3) is 0.827. The van der Waals surface area contributed by atoms with Gasteiger partial charge in [-0.05, 0) is 74.0 Å². The van der Waals surface area contributed by atoms with Gasteiger partial charge in [0.25, 0.3) is 0 Å². The average molecular weight is 1590 g/mol. The Morgan fingerprint density at radius 2 is 1.02 bits per heavy atom. The highest BCUT2D eigenvalue weighted by Crippen LogP contribution is 2.37. The molecule has 1 aromatic carbocycles. The number of hydrogen-bond donors (Lipinski definition) is 7. The molecule has 6 heterocycles. The predicted molar refractivity (Wildman–Crippen MR) is 451 cm³/mol. The number of terminal acetylenes is 3. The Morgan fingerprint density at radius 3 is 1.33 bits per heavy atom. The Kier molecular flexibility index (Phi) is 57.3. The summed E-state index contributed by atoms with van der Waals surface area (Å²) >= 11 is 0. The Balaban J connectivity index is -0.000000360. The van der Waals surface area contributed by atoms with Gasteiger partial charge in [-0.3, -0.25) is 13.8 Å². The second-order valence-electron chi connectivity index (χ2n) is 37.5. The highest BCUT2D eigenvalue weighted by atomic mass is 32.2. The van der Waals surface area contributed by atoms with Crippen molar-refractivity contribution >= 4 is 42.5 Å². The minimum absolute atomic E-state index is 0.224. The zero-order valence-electron chi connectivity index (χ0n) is 73.7. The van der Waals surface area contributed by atoms with Crippen LogP contribution < -0.4 is 4.48 Å². The SMILES string of the molecule is C#CC[N+](C)(C)CCC(C)=O.C#CC[N+](C)(C)CCCC(C)=O.C#CC[N+](C)(C)CCCCO.CC[N+](C)(C)CC(O)O.C[C@@H]1C[N+]2(C)CCC1CC2.C[N+](C)(C)CCCP(C)(=O)O.C[N+](C)(C)CCCS(C)(=O)=O.C[N+](C)(C)CCC[P+](=O)O.C[N+](C)(CCO)c1ccccc1.C[N+]12CCC(O)(CC1)CC2. The maximum Gasteiger partial charge on any atom is 0.505 e. The van der Waals surface area contributed by atoms with Gasteiger partial charge in [0, 0.05) is 95.8 Å². The third-order valence-corrected chi connectivity index (χ3v) is 22.5. The third kappa shape index (κ3) is 74.0. The molecule has 0 amide bonds. The number of piperidine rings is 6. The van der Waals surface area contributed by atoms with Crippen LogP contribution in [0.3, 0.4) is 0 Å². The van der Waals surface area contributed by atoms with Crippen LogP contribution in [0.4, 0.5) is 5.69 Å². The molecule has 23 nitrogen and oxygen atoms in total. The third-order valence-electron chi connectivity index (χ3n) is 19.6. The molecule has 0 spiro atoms. The van der Waals surface area contributed by atoms with Crippen molar-refractivity contribution in [2.75, 3.05) is 310 Å². The van der Waals surface area contributed by atoms with Gasteiger partial charge in [0.1, 0.15) is 59.8 Å². The number of aliphatic hydroxyl groups is 5. The van der Waals surface area contributed by atoms with Crippen molar-refractivity contribution in [2.24, 2.45) is 11.8 Å². The van der Waals surface area contributed by atoms with Crippen LogP contribution in [0.25, 0.3) is 0 Å². The zero-order chi connectivity index (χ0) is 84.7. The first-order valence-corrected chi connectivity index (χ1v) is 44.6. The lowest BCUT2D eigenvalue weighted by atomic mass is 9.79. The molecule has 6 aliphatic heterocycles. The highest BCUT2D eigenvalue weighted by Gasteiger charge is 2.45. The van der Waals surface area contributed by atoms with Crippen molar-refractivity contribution in [2.45, 2.75) is 123 Å². The summed E-state index contributed by atoms with van der Waals surface area (Å²) in [7, 11) is 36.5. The number of unbranched alkanes of at least 4 members (excludes halogenated alkanes) is 1. The number of carbonyl (C=O) groups is 2. The van der Waals surface area contributed by atoms with Gasteiger partial charge in [0.05, 0.1) is 257 Å². The van der Waals surface area contributed by atoms with E-state index in [1.807, 2.05) is 53.3 Å². The van der Waals surface area contributed by atoms with Gasteiger partial charge in [0.15, 0.2) is 13.5 Å². The molecule has 6 fully saturated rings. The number of carbonyl (C=O) groups excluding carboxylic acids is 2. The summed E-state index contributed by atoms with van der Waals surface area (Å²) in [6.45, 7) is 27.5. The van der Waals surface area contributed by atoms with Crippen LogP contribution in [0.2, 0.25) is 0 Å². The number of aliphatic hydroxyl groups excluding tert-OH is 3. The number of likely N-dealkylation sites (N-methyl/N-ethyl adjacent to an activating group) is 2. The number of hydrogen-bond acceptors (Lipinski definition) is 11. The minimum atomic E-state index is -2.76. The summed E-state index contributed by atoms with van der Waals surface area (Å²) in [4.78, 5) is 38.7. The second kappa shape index (κ2) is 54.5. The van der Waals surface area contributed by atoms with E-state index < -0.39 is 31.5 Å². The Bertz CT molecular complexity index is 2800. The monoisotopic (exact) mass is 1590 g/mol. The van der Waals surface area contributed by atoms with Crippen LogP contribution in [-0.2, 0) is 28.6 Å². The average Bonchev–Trinajstić information content (AvgIpc) is 0.793. The van der Waals surface area contributed by atoms with Crippen molar-refractivity contribution in [1.29, 1.82) is 0 Å². The molecule has 0 radical (unpaired) electrons. The van der Waals surface area contributed by atoms with Crippen LogP contribution >= 0.6 is 15.4 Å². The smallest absolute Gasteiger partial charge is 0.396 e. The number of Topliss-reactive ketones (excluding diaryl/α,β-unsaturated/α-hetero) is 2. The van der Waals surface area contributed by atoms with Gasteiger partial charge in [-0.2, -0.15) is 4.89 Å². The van der Waals surface area contributed by atoms with Gasteiger partial charge in [-0.25, -0.2) is 8.42 Å². The normalized spacial score (nSPS) is 20.3. The molecule has 628 valence electrons. The van der Waals surface area contributed by atoms with E-state index in [-0.39, 0.29) is 30.4 Å². The van der Waals surface area contributed by atoms with E-state index >= 15 is 0 Å². The Morgan fingerprint density at radius 1 is 0.607 bits per heavy atom. The number of benzene rings is 1. The van der Waals surface area contributed by atoms with E-state index in [9.17, 15) is 32.2 Å². The Hall–Kier alpha value is -3.16. The summed E-state index contributed by atoms with van der Waals surface area (Å²) in [5.41, 5.74) is 0.974. The van der Waals surface area contributed by atoms with Crippen molar-refractivity contribution < 1.29 is 103 Å². The number of quaternary nitrogens is 10. The second-order valence-corrected chi connectivity index (χ2v) is 43.5.